The fourth-order valence-corrected chi connectivity index (χ4v) is 2.15. The van der Waals surface area contributed by atoms with Gasteiger partial charge in [0.05, 0.1) is 0 Å². The summed E-state index contributed by atoms with van der Waals surface area (Å²) in [7, 11) is 0. The van der Waals surface area contributed by atoms with Crippen LogP contribution in [0.25, 0.3) is 11.1 Å². The minimum absolute atomic E-state index is 0.729. The van der Waals surface area contributed by atoms with Crippen molar-refractivity contribution in [2.45, 2.75) is 6.92 Å². The molecule has 2 heterocycles. The van der Waals surface area contributed by atoms with Crippen molar-refractivity contribution in [2.24, 2.45) is 0 Å². The standard InChI is InChI=1S/C12H15N3O/c1-9-14-11-8-10(2-3-12(11)16-9)15-6-4-13-5-7-15/h2-3,8,13H,4-7H2,1H3. The van der Waals surface area contributed by atoms with Crippen molar-refractivity contribution >= 4 is 16.8 Å². The molecule has 0 saturated carbocycles. The quantitative estimate of drug-likeness (QED) is 0.786. The fourth-order valence-electron chi connectivity index (χ4n) is 2.15. The van der Waals surface area contributed by atoms with Crippen LogP contribution >= 0.6 is 0 Å². The first-order valence-corrected chi connectivity index (χ1v) is 5.66. The Balaban J connectivity index is 1.97. The lowest BCUT2D eigenvalue weighted by Crippen LogP contribution is -2.43. The molecule has 1 fully saturated rings. The number of nitrogens with one attached hydrogen (secondary N) is 1. The first kappa shape index (κ1) is 9.66. The van der Waals surface area contributed by atoms with Gasteiger partial charge >= 0.3 is 0 Å². The number of anilines is 1. The van der Waals surface area contributed by atoms with Crippen LogP contribution in [0.2, 0.25) is 0 Å². The molecule has 1 aromatic heterocycles. The van der Waals surface area contributed by atoms with Gasteiger partial charge in [-0.2, -0.15) is 0 Å². The highest BCUT2D eigenvalue weighted by Gasteiger charge is 2.11. The zero-order chi connectivity index (χ0) is 11.0. The van der Waals surface area contributed by atoms with Crippen LogP contribution < -0.4 is 10.2 Å². The molecule has 1 aliphatic rings. The van der Waals surface area contributed by atoms with Gasteiger partial charge in [0.15, 0.2) is 11.5 Å². The molecule has 0 aliphatic carbocycles. The molecule has 4 nitrogen and oxygen atoms in total. The van der Waals surface area contributed by atoms with Gasteiger partial charge < -0.3 is 14.6 Å². The van der Waals surface area contributed by atoms with Crippen molar-refractivity contribution in [2.75, 3.05) is 31.1 Å². The lowest BCUT2D eigenvalue weighted by Gasteiger charge is -2.29. The molecule has 0 bridgehead atoms. The maximum atomic E-state index is 5.47. The summed E-state index contributed by atoms with van der Waals surface area (Å²) in [5.74, 6) is 0.729. The minimum Gasteiger partial charge on any atom is -0.441 e. The fraction of sp³-hybridized carbons (Fsp3) is 0.417. The van der Waals surface area contributed by atoms with E-state index in [0.717, 1.165) is 43.2 Å². The number of rotatable bonds is 1. The van der Waals surface area contributed by atoms with Gasteiger partial charge in [-0.25, -0.2) is 4.98 Å². The van der Waals surface area contributed by atoms with Crippen LogP contribution in [0, 0.1) is 6.92 Å². The van der Waals surface area contributed by atoms with Crippen molar-refractivity contribution < 1.29 is 4.42 Å². The number of aromatic nitrogens is 1. The molecule has 1 saturated heterocycles. The first-order chi connectivity index (χ1) is 7.83. The Morgan fingerprint density at radius 1 is 1.31 bits per heavy atom. The average Bonchev–Trinajstić information content (AvgIpc) is 2.69. The molecule has 4 heteroatoms. The SMILES string of the molecule is Cc1nc2cc(N3CCNCC3)ccc2o1. The summed E-state index contributed by atoms with van der Waals surface area (Å²) < 4.78 is 5.47. The Hall–Kier alpha value is -1.55. The Labute approximate surface area is 94.3 Å². The summed E-state index contributed by atoms with van der Waals surface area (Å²) in [5, 5.41) is 3.35. The van der Waals surface area contributed by atoms with Gasteiger partial charge in [-0.05, 0) is 18.2 Å². The third-order valence-corrected chi connectivity index (χ3v) is 2.96. The van der Waals surface area contributed by atoms with E-state index in [0.29, 0.717) is 0 Å². The molecule has 3 rings (SSSR count). The highest BCUT2D eigenvalue weighted by molar-refractivity contribution is 5.77. The van der Waals surface area contributed by atoms with Crippen LogP contribution in [0.4, 0.5) is 5.69 Å². The number of piperazine rings is 1. The second-order valence-electron chi connectivity index (χ2n) is 4.12. The molecule has 16 heavy (non-hydrogen) atoms. The number of fused-ring (bicyclic) bond motifs is 1. The molecular weight excluding hydrogens is 202 g/mol. The van der Waals surface area contributed by atoms with E-state index in [4.69, 9.17) is 4.42 Å². The van der Waals surface area contributed by atoms with E-state index in [1.54, 1.807) is 0 Å². The van der Waals surface area contributed by atoms with Crippen molar-refractivity contribution in [3.8, 4) is 0 Å². The number of benzene rings is 1. The predicted molar refractivity (Wildman–Crippen MR) is 63.8 cm³/mol. The average molecular weight is 217 g/mol. The Bertz CT molecular complexity index is 500. The molecule has 0 atom stereocenters. The Morgan fingerprint density at radius 2 is 2.12 bits per heavy atom. The predicted octanol–water partition coefficient (Wildman–Crippen LogP) is 1.55. The summed E-state index contributed by atoms with van der Waals surface area (Å²) in [4.78, 5) is 6.73. The van der Waals surface area contributed by atoms with Gasteiger partial charge in [0.1, 0.15) is 5.52 Å². The second-order valence-corrected chi connectivity index (χ2v) is 4.12. The van der Waals surface area contributed by atoms with Gasteiger partial charge in [0.2, 0.25) is 0 Å². The van der Waals surface area contributed by atoms with Gasteiger partial charge in [0, 0.05) is 38.8 Å². The molecule has 0 amide bonds. The molecular formula is C12H15N3O. The summed E-state index contributed by atoms with van der Waals surface area (Å²) in [6.45, 7) is 6.10. The van der Waals surface area contributed by atoms with Gasteiger partial charge in [-0.1, -0.05) is 0 Å². The lowest BCUT2D eigenvalue weighted by atomic mass is 10.2. The zero-order valence-electron chi connectivity index (χ0n) is 9.36. The highest BCUT2D eigenvalue weighted by Crippen LogP contribution is 2.22. The number of aryl methyl sites for hydroxylation is 1. The van der Waals surface area contributed by atoms with Crippen LogP contribution in [0.15, 0.2) is 22.6 Å². The summed E-state index contributed by atoms with van der Waals surface area (Å²) in [6.07, 6.45) is 0. The maximum absolute atomic E-state index is 5.47. The van der Waals surface area contributed by atoms with Crippen molar-refractivity contribution in [3.63, 3.8) is 0 Å². The minimum atomic E-state index is 0.729. The van der Waals surface area contributed by atoms with Crippen molar-refractivity contribution in [1.82, 2.24) is 10.3 Å². The van der Waals surface area contributed by atoms with E-state index in [-0.39, 0.29) is 0 Å². The van der Waals surface area contributed by atoms with E-state index < -0.39 is 0 Å². The van der Waals surface area contributed by atoms with Gasteiger partial charge in [-0.3, -0.25) is 0 Å². The lowest BCUT2D eigenvalue weighted by molar-refractivity contribution is 0.561. The van der Waals surface area contributed by atoms with Gasteiger partial charge in [-0.15, -0.1) is 0 Å². The Kier molecular flexibility index (Phi) is 2.29. The molecule has 1 N–H and O–H groups in total. The third kappa shape index (κ3) is 1.65. The van der Waals surface area contributed by atoms with Crippen LogP contribution in [-0.2, 0) is 0 Å². The topological polar surface area (TPSA) is 41.3 Å². The molecule has 1 aliphatic heterocycles. The van der Waals surface area contributed by atoms with E-state index in [9.17, 15) is 0 Å². The monoisotopic (exact) mass is 217 g/mol. The number of hydrogen-bond acceptors (Lipinski definition) is 4. The maximum Gasteiger partial charge on any atom is 0.192 e. The van der Waals surface area contributed by atoms with Crippen LogP contribution in [0.5, 0.6) is 0 Å². The summed E-state index contributed by atoms with van der Waals surface area (Å²) >= 11 is 0. The zero-order valence-corrected chi connectivity index (χ0v) is 9.36. The van der Waals surface area contributed by atoms with Gasteiger partial charge in [0.25, 0.3) is 0 Å². The van der Waals surface area contributed by atoms with Crippen LogP contribution in [-0.4, -0.2) is 31.2 Å². The normalized spacial score (nSPS) is 16.9. The molecule has 1 aromatic carbocycles. The Morgan fingerprint density at radius 3 is 2.94 bits per heavy atom. The van der Waals surface area contributed by atoms with E-state index >= 15 is 0 Å². The second kappa shape index (κ2) is 3.79. The number of oxazole rings is 1. The number of nitrogens with zero attached hydrogens (tertiary/aromatic N) is 2. The number of hydrogen-bond donors (Lipinski definition) is 1. The van der Waals surface area contributed by atoms with E-state index in [1.807, 2.05) is 13.0 Å². The van der Waals surface area contributed by atoms with E-state index in [2.05, 4.69) is 27.3 Å². The molecule has 2 aromatic rings. The first-order valence-electron chi connectivity index (χ1n) is 5.66. The van der Waals surface area contributed by atoms with E-state index in [1.165, 1.54) is 5.69 Å². The smallest absolute Gasteiger partial charge is 0.192 e. The summed E-state index contributed by atoms with van der Waals surface area (Å²) in [6, 6.07) is 6.22. The van der Waals surface area contributed by atoms with Crippen molar-refractivity contribution in [1.29, 1.82) is 0 Å². The molecule has 0 unspecified atom stereocenters. The third-order valence-electron chi connectivity index (χ3n) is 2.96. The largest absolute Gasteiger partial charge is 0.441 e. The molecule has 0 radical (unpaired) electrons. The highest BCUT2D eigenvalue weighted by atomic mass is 16.3. The van der Waals surface area contributed by atoms with Crippen LogP contribution in [0.1, 0.15) is 5.89 Å². The summed E-state index contributed by atoms with van der Waals surface area (Å²) in [5.41, 5.74) is 3.06. The molecule has 0 spiro atoms. The van der Waals surface area contributed by atoms with Crippen LogP contribution in [0.3, 0.4) is 0 Å². The molecule has 84 valence electrons. The van der Waals surface area contributed by atoms with Crippen molar-refractivity contribution in [3.05, 3.63) is 24.1 Å².